The normalized spacial score (nSPS) is 10.4. The predicted molar refractivity (Wildman–Crippen MR) is 129 cm³/mol. The highest BCUT2D eigenvalue weighted by molar-refractivity contribution is 6.39. The number of ether oxygens (including phenoxy) is 2. The van der Waals surface area contributed by atoms with E-state index in [-0.39, 0.29) is 12.5 Å². The van der Waals surface area contributed by atoms with E-state index < -0.39 is 11.8 Å². The Morgan fingerprint density at radius 2 is 1.53 bits per heavy atom. The van der Waals surface area contributed by atoms with Crippen LogP contribution in [0.5, 0.6) is 11.5 Å². The lowest BCUT2D eigenvalue weighted by molar-refractivity contribution is -0.136. The van der Waals surface area contributed by atoms with E-state index >= 15 is 0 Å². The summed E-state index contributed by atoms with van der Waals surface area (Å²) in [6.07, 6.45) is 1.32. The molecule has 0 unspecified atom stereocenters. The third-order valence-corrected chi connectivity index (χ3v) is 4.54. The first-order valence-corrected chi connectivity index (χ1v) is 10.3. The molecule has 0 aliphatic heterocycles. The number of carbonyl (C=O) groups excluding carboxylic acids is 3. The van der Waals surface area contributed by atoms with E-state index in [0.29, 0.717) is 28.4 Å². The van der Waals surface area contributed by atoms with Crippen LogP contribution in [0.3, 0.4) is 0 Å². The Bertz CT molecular complexity index is 1190. The Kier molecular flexibility index (Phi) is 8.34. The molecule has 0 heterocycles. The maximum absolute atomic E-state index is 12.2. The number of benzene rings is 3. The Balaban J connectivity index is 1.54. The zero-order chi connectivity index (χ0) is 24.3. The number of anilines is 2. The van der Waals surface area contributed by atoms with Gasteiger partial charge < -0.3 is 20.1 Å². The smallest absolute Gasteiger partial charge is 0.329 e. The van der Waals surface area contributed by atoms with Crippen molar-refractivity contribution in [2.45, 2.75) is 6.92 Å². The molecule has 0 aliphatic carbocycles. The van der Waals surface area contributed by atoms with Crippen LogP contribution in [0.15, 0.2) is 77.9 Å². The lowest BCUT2D eigenvalue weighted by Gasteiger charge is -2.10. The monoisotopic (exact) mass is 460 g/mol. The number of amides is 3. The van der Waals surface area contributed by atoms with E-state index in [1.165, 1.54) is 13.3 Å². The molecule has 0 radical (unpaired) electrons. The molecule has 9 heteroatoms. The second kappa shape index (κ2) is 11.8. The number of aryl methyl sites for hydroxylation is 1. The van der Waals surface area contributed by atoms with E-state index in [0.717, 1.165) is 5.56 Å². The number of methoxy groups -OCH3 is 1. The van der Waals surface area contributed by atoms with Crippen molar-refractivity contribution in [1.82, 2.24) is 5.43 Å². The van der Waals surface area contributed by atoms with Crippen molar-refractivity contribution in [3.8, 4) is 11.5 Å². The lowest BCUT2D eigenvalue weighted by atomic mass is 10.2. The van der Waals surface area contributed by atoms with Crippen molar-refractivity contribution in [3.63, 3.8) is 0 Å². The van der Waals surface area contributed by atoms with Crippen LogP contribution in [0.2, 0.25) is 0 Å². The number of nitrogens with one attached hydrogen (secondary N) is 3. The van der Waals surface area contributed by atoms with Gasteiger partial charge >= 0.3 is 11.8 Å². The Hall–Kier alpha value is -4.66. The van der Waals surface area contributed by atoms with Gasteiger partial charge in [0.1, 0.15) is 11.5 Å². The number of hydrogen-bond acceptors (Lipinski definition) is 6. The van der Waals surface area contributed by atoms with Gasteiger partial charge in [0.25, 0.3) is 5.91 Å². The molecule has 0 fully saturated rings. The van der Waals surface area contributed by atoms with Gasteiger partial charge in [-0.2, -0.15) is 5.10 Å². The first kappa shape index (κ1) is 24.0. The molecule has 0 saturated carbocycles. The molecule has 0 atom stereocenters. The molecule has 0 aliphatic rings. The molecule has 3 rings (SSSR count). The third-order valence-electron chi connectivity index (χ3n) is 4.54. The topological polar surface area (TPSA) is 118 Å². The highest BCUT2D eigenvalue weighted by atomic mass is 16.5. The van der Waals surface area contributed by atoms with Gasteiger partial charge in [-0.15, -0.1) is 0 Å². The molecule has 34 heavy (non-hydrogen) atoms. The summed E-state index contributed by atoms with van der Waals surface area (Å²) in [5.74, 6) is -1.38. The van der Waals surface area contributed by atoms with Crippen LogP contribution < -0.4 is 25.5 Å². The van der Waals surface area contributed by atoms with Gasteiger partial charge in [-0.1, -0.05) is 42.0 Å². The highest BCUT2D eigenvalue weighted by Gasteiger charge is 2.15. The summed E-state index contributed by atoms with van der Waals surface area (Å²) in [5.41, 5.74) is 4.79. The molecule has 3 aromatic carbocycles. The van der Waals surface area contributed by atoms with Crippen LogP contribution in [0, 0.1) is 6.92 Å². The van der Waals surface area contributed by atoms with Gasteiger partial charge in [0.2, 0.25) is 0 Å². The average Bonchev–Trinajstić information content (AvgIpc) is 2.85. The molecule has 3 N–H and O–H groups in total. The number of hydrazone groups is 1. The number of nitrogens with zero attached hydrogens (tertiary/aromatic N) is 1. The largest absolute Gasteiger partial charge is 0.495 e. The maximum atomic E-state index is 12.2. The first-order valence-electron chi connectivity index (χ1n) is 10.3. The molecule has 0 aromatic heterocycles. The van der Waals surface area contributed by atoms with E-state index in [1.807, 2.05) is 19.1 Å². The summed E-state index contributed by atoms with van der Waals surface area (Å²) in [6, 6.07) is 21.0. The fourth-order valence-corrected chi connectivity index (χ4v) is 2.83. The maximum Gasteiger partial charge on any atom is 0.329 e. The predicted octanol–water partition coefficient (Wildman–Crippen LogP) is 3.11. The number of para-hydroxylation sites is 3. The molecule has 0 spiro atoms. The summed E-state index contributed by atoms with van der Waals surface area (Å²) < 4.78 is 10.7. The van der Waals surface area contributed by atoms with Gasteiger partial charge in [0.05, 0.1) is 19.0 Å². The third kappa shape index (κ3) is 6.92. The molecule has 9 nitrogen and oxygen atoms in total. The van der Waals surface area contributed by atoms with Crippen LogP contribution in [0.4, 0.5) is 11.4 Å². The van der Waals surface area contributed by atoms with Crippen molar-refractivity contribution in [2.24, 2.45) is 5.10 Å². The van der Waals surface area contributed by atoms with Gasteiger partial charge in [-0.05, 0) is 43.3 Å². The van der Waals surface area contributed by atoms with E-state index in [9.17, 15) is 14.4 Å². The number of carbonyl (C=O) groups is 3. The van der Waals surface area contributed by atoms with Gasteiger partial charge in [0.15, 0.2) is 6.61 Å². The van der Waals surface area contributed by atoms with E-state index in [4.69, 9.17) is 9.47 Å². The van der Waals surface area contributed by atoms with Crippen LogP contribution in [-0.4, -0.2) is 37.7 Å². The zero-order valence-corrected chi connectivity index (χ0v) is 18.7. The van der Waals surface area contributed by atoms with Gasteiger partial charge in [0, 0.05) is 11.3 Å². The number of hydrogen-bond donors (Lipinski definition) is 3. The molecular formula is C25H24N4O5. The van der Waals surface area contributed by atoms with Crippen LogP contribution in [-0.2, 0) is 14.4 Å². The van der Waals surface area contributed by atoms with Gasteiger partial charge in [-0.25, -0.2) is 5.43 Å². The van der Waals surface area contributed by atoms with Crippen molar-refractivity contribution in [3.05, 3.63) is 83.9 Å². The fraction of sp³-hybridized carbons (Fsp3) is 0.120. The quantitative estimate of drug-likeness (QED) is 0.271. The lowest BCUT2D eigenvalue weighted by Crippen LogP contribution is -2.32. The van der Waals surface area contributed by atoms with Crippen molar-refractivity contribution in [2.75, 3.05) is 24.4 Å². The molecule has 174 valence electrons. The Labute approximate surface area is 196 Å². The van der Waals surface area contributed by atoms with Crippen molar-refractivity contribution < 1.29 is 23.9 Å². The van der Waals surface area contributed by atoms with E-state index in [2.05, 4.69) is 21.2 Å². The summed E-state index contributed by atoms with van der Waals surface area (Å²) in [5, 5.41) is 9.02. The average molecular weight is 460 g/mol. The summed E-state index contributed by atoms with van der Waals surface area (Å²) in [6.45, 7) is 1.74. The molecule has 0 bridgehead atoms. The molecule has 3 amide bonds. The Morgan fingerprint density at radius 3 is 2.26 bits per heavy atom. The molecule has 3 aromatic rings. The fourth-order valence-electron chi connectivity index (χ4n) is 2.83. The van der Waals surface area contributed by atoms with Crippen molar-refractivity contribution >= 4 is 35.3 Å². The zero-order valence-electron chi connectivity index (χ0n) is 18.7. The minimum absolute atomic E-state index is 0.216. The van der Waals surface area contributed by atoms with Crippen LogP contribution >= 0.6 is 0 Å². The standard InChI is InChI=1S/C25H24N4O5/c1-17-11-13-19(14-12-17)27-23(30)16-34-21-9-5-3-7-18(21)15-26-29-25(32)24(31)28-20-8-4-6-10-22(20)33-2/h3-15H,16H2,1-2H3,(H,27,30)(H,28,31)(H,29,32)/b26-15-. The summed E-state index contributed by atoms with van der Waals surface area (Å²) in [7, 11) is 1.46. The summed E-state index contributed by atoms with van der Waals surface area (Å²) in [4.78, 5) is 36.4. The molecular weight excluding hydrogens is 436 g/mol. The Morgan fingerprint density at radius 1 is 0.853 bits per heavy atom. The van der Waals surface area contributed by atoms with Crippen LogP contribution in [0.1, 0.15) is 11.1 Å². The van der Waals surface area contributed by atoms with Crippen LogP contribution in [0.25, 0.3) is 0 Å². The first-order chi connectivity index (χ1) is 16.5. The molecule has 0 saturated heterocycles. The summed E-state index contributed by atoms with van der Waals surface area (Å²) >= 11 is 0. The second-order valence-corrected chi connectivity index (χ2v) is 7.09. The second-order valence-electron chi connectivity index (χ2n) is 7.09. The minimum atomic E-state index is -0.960. The van der Waals surface area contributed by atoms with Crippen molar-refractivity contribution in [1.29, 1.82) is 0 Å². The minimum Gasteiger partial charge on any atom is -0.495 e. The van der Waals surface area contributed by atoms with Gasteiger partial charge in [-0.3, -0.25) is 14.4 Å². The number of rotatable bonds is 8. The SMILES string of the molecule is COc1ccccc1NC(=O)C(=O)N/N=C\c1ccccc1OCC(=O)Nc1ccc(C)cc1. The van der Waals surface area contributed by atoms with E-state index in [1.54, 1.807) is 60.7 Å². The highest BCUT2D eigenvalue weighted by Crippen LogP contribution is 2.22.